The van der Waals surface area contributed by atoms with Crippen LogP contribution in [0.3, 0.4) is 0 Å². The zero-order valence-corrected chi connectivity index (χ0v) is 19.9. The normalized spacial score (nSPS) is 14.3. The maximum Gasteiger partial charge on any atom is 0.538 e. The van der Waals surface area contributed by atoms with Crippen LogP contribution in [-0.2, 0) is 36.3 Å². The van der Waals surface area contributed by atoms with Gasteiger partial charge in [0.2, 0.25) is 0 Å². The molecule has 0 aliphatic heterocycles. The molecule has 13 heteroatoms. The third-order valence-electron chi connectivity index (χ3n) is 3.70. The van der Waals surface area contributed by atoms with E-state index < -0.39 is 34.1 Å². The Hall–Kier alpha value is -1.89. The van der Waals surface area contributed by atoms with Crippen molar-refractivity contribution in [2.24, 2.45) is 0 Å². The summed E-state index contributed by atoms with van der Waals surface area (Å²) in [6, 6.07) is 3.51. The lowest BCUT2D eigenvalue weighted by Crippen LogP contribution is -2.21. The topological polar surface area (TPSA) is 147 Å². The smallest absolute Gasteiger partial charge is 0.508 e. The second-order valence-corrected chi connectivity index (χ2v) is 9.26. The molecule has 0 bridgehead atoms. The lowest BCUT2D eigenvalue weighted by molar-refractivity contribution is 0.0395. The van der Waals surface area contributed by atoms with Crippen molar-refractivity contribution >= 4 is 21.4 Å². The third kappa shape index (κ3) is 9.31. The molecule has 0 heterocycles. The summed E-state index contributed by atoms with van der Waals surface area (Å²) in [4.78, 5) is 12.5. The van der Waals surface area contributed by atoms with Crippen LogP contribution < -0.4 is 0 Å². The number of phosphoric ester groups is 2. The summed E-state index contributed by atoms with van der Waals surface area (Å²) in [6.07, 6.45) is 5.28. The number of hydrogen-bond donors (Lipinski definition) is 2. The molecule has 0 aromatic heterocycles. The first-order chi connectivity index (χ1) is 15.1. The van der Waals surface area contributed by atoms with Gasteiger partial charge in [-0.2, -0.15) is 0 Å². The number of carbonyl (C=O) groups is 1. The molecule has 0 amide bonds. The van der Waals surface area contributed by atoms with Gasteiger partial charge < -0.3 is 14.7 Å². The maximum atomic E-state index is 12.8. The summed E-state index contributed by atoms with van der Waals surface area (Å²) in [5.41, 5.74) is -0.113. The van der Waals surface area contributed by atoms with Crippen LogP contribution in [0.1, 0.15) is 44.0 Å². The highest BCUT2D eigenvalue weighted by molar-refractivity contribution is 7.49. The molecule has 11 nitrogen and oxygen atoms in total. The Labute approximate surface area is 187 Å². The van der Waals surface area contributed by atoms with Crippen molar-refractivity contribution in [1.29, 1.82) is 0 Å². The van der Waals surface area contributed by atoms with Gasteiger partial charge in [-0.25, -0.2) is 9.13 Å². The molecule has 2 N–H and O–H groups in total. The molecule has 1 rings (SSSR count). The summed E-state index contributed by atoms with van der Waals surface area (Å²) < 4.78 is 55.5. The number of terminal acetylenes is 1. The van der Waals surface area contributed by atoms with E-state index in [0.29, 0.717) is 0 Å². The van der Waals surface area contributed by atoms with Gasteiger partial charge in [0.15, 0.2) is 5.78 Å². The molecule has 1 aromatic carbocycles. The average molecular weight is 494 g/mol. The van der Waals surface area contributed by atoms with Gasteiger partial charge in [-0.05, 0) is 45.4 Å². The van der Waals surface area contributed by atoms with E-state index >= 15 is 0 Å². The molecular formula is C19H28O11P2. The second-order valence-electron chi connectivity index (χ2n) is 6.04. The third-order valence-corrected chi connectivity index (χ3v) is 6.77. The summed E-state index contributed by atoms with van der Waals surface area (Å²) in [6.45, 7) is 4.20. The number of aromatic hydroxyl groups is 2. The van der Waals surface area contributed by atoms with Gasteiger partial charge in [0.25, 0.3) is 0 Å². The summed E-state index contributed by atoms with van der Waals surface area (Å²) in [7, 11) is -8.16. The van der Waals surface area contributed by atoms with Crippen molar-refractivity contribution in [2.75, 3.05) is 26.4 Å². The van der Waals surface area contributed by atoms with Crippen LogP contribution in [0, 0.1) is 12.5 Å². The first-order valence-corrected chi connectivity index (χ1v) is 12.7. The number of phenolic OH excluding ortho intramolecular Hbond substituents is 2. The molecule has 2 unspecified atom stereocenters. The fourth-order valence-corrected chi connectivity index (χ4v) is 4.76. The van der Waals surface area contributed by atoms with Gasteiger partial charge >= 0.3 is 15.6 Å². The number of ketones is 1. The Balaban J connectivity index is 3.01. The van der Waals surface area contributed by atoms with Crippen molar-refractivity contribution in [3.05, 3.63) is 23.8 Å². The van der Waals surface area contributed by atoms with Gasteiger partial charge in [-0.15, -0.1) is 0 Å². The lowest BCUT2D eigenvalue weighted by atomic mass is 10.0. The molecule has 0 aliphatic rings. The van der Waals surface area contributed by atoms with Crippen molar-refractivity contribution in [3.8, 4) is 24.0 Å². The van der Waals surface area contributed by atoms with E-state index in [-0.39, 0.29) is 49.7 Å². The number of hydrogen-bond acceptors (Lipinski definition) is 11. The highest BCUT2D eigenvalue weighted by Gasteiger charge is 2.34. The Morgan fingerprint density at radius 2 is 1.62 bits per heavy atom. The first kappa shape index (κ1) is 28.1. The SMILES string of the molecule is C#COP(=O)(OCC)OCC(CCC(=O)c1cc(O)ccc1O)OP(=O)(OCC)OCC. The van der Waals surface area contributed by atoms with Crippen LogP contribution in [0.4, 0.5) is 0 Å². The van der Waals surface area contributed by atoms with Gasteiger partial charge in [0.1, 0.15) is 17.6 Å². The minimum atomic E-state index is -4.13. The second kappa shape index (κ2) is 13.6. The lowest BCUT2D eigenvalue weighted by Gasteiger charge is -2.24. The van der Waals surface area contributed by atoms with E-state index in [0.717, 1.165) is 6.07 Å². The molecular weight excluding hydrogens is 466 g/mol. The average Bonchev–Trinajstić information content (AvgIpc) is 2.72. The predicted octanol–water partition coefficient (Wildman–Crippen LogP) is 4.40. The molecule has 1 aromatic rings. The number of rotatable bonds is 16. The van der Waals surface area contributed by atoms with Crippen LogP contribution in [0.2, 0.25) is 0 Å². The molecule has 0 fully saturated rings. The van der Waals surface area contributed by atoms with E-state index in [4.69, 9.17) is 29.0 Å². The molecule has 0 saturated heterocycles. The number of phosphoric acid groups is 2. The monoisotopic (exact) mass is 494 g/mol. The molecule has 0 spiro atoms. The standard InChI is InChI=1S/C19H28O11P2/c1-5-25-31(23,26-6-2)29-14-16(30-32(24,27-7-3)28-8-4)10-12-19(22)17-13-15(20)9-11-18(17)21/h1,9,11,13,16,20-21H,6-8,10,12,14H2,2-4H3. The van der Waals surface area contributed by atoms with Gasteiger partial charge in [0.05, 0.1) is 38.1 Å². The zero-order chi connectivity index (χ0) is 24.2. The van der Waals surface area contributed by atoms with E-state index in [1.54, 1.807) is 26.9 Å². The number of carbonyl (C=O) groups excluding carboxylic acids is 1. The van der Waals surface area contributed by atoms with Gasteiger partial charge in [-0.1, -0.05) is 6.42 Å². The molecule has 0 aliphatic carbocycles. The molecule has 32 heavy (non-hydrogen) atoms. The molecule has 180 valence electrons. The molecule has 0 radical (unpaired) electrons. The molecule has 0 saturated carbocycles. The van der Waals surface area contributed by atoms with Crippen LogP contribution >= 0.6 is 15.6 Å². The predicted molar refractivity (Wildman–Crippen MR) is 114 cm³/mol. The van der Waals surface area contributed by atoms with Gasteiger partial charge in [-0.3, -0.25) is 27.4 Å². The van der Waals surface area contributed by atoms with E-state index in [1.807, 2.05) is 0 Å². The zero-order valence-electron chi connectivity index (χ0n) is 18.1. The highest BCUT2D eigenvalue weighted by Crippen LogP contribution is 2.53. The first-order valence-electron chi connectivity index (χ1n) is 9.77. The summed E-state index contributed by atoms with van der Waals surface area (Å²) in [5.74, 6) is -1.06. The van der Waals surface area contributed by atoms with Crippen molar-refractivity contribution in [1.82, 2.24) is 0 Å². The van der Waals surface area contributed by atoms with E-state index in [1.165, 1.54) is 12.1 Å². The van der Waals surface area contributed by atoms with Crippen LogP contribution in [-0.4, -0.2) is 48.5 Å². The number of Topliss-reactive ketones (excluding diaryl/α,β-unsaturated/α-hetero) is 1. The largest absolute Gasteiger partial charge is 0.538 e. The highest BCUT2D eigenvalue weighted by atomic mass is 31.2. The van der Waals surface area contributed by atoms with E-state index in [9.17, 15) is 24.1 Å². The quantitative estimate of drug-likeness (QED) is 0.146. The van der Waals surface area contributed by atoms with Gasteiger partial charge in [0, 0.05) is 6.42 Å². The Kier molecular flexibility index (Phi) is 12.0. The molecule has 2 atom stereocenters. The maximum absolute atomic E-state index is 12.8. The van der Waals surface area contributed by atoms with Crippen LogP contribution in [0.25, 0.3) is 0 Å². The minimum Gasteiger partial charge on any atom is -0.508 e. The van der Waals surface area contributed by atoms with Crippen LogP contribution in [0.15, 0.2) is 18.2 Å². The fraction of sp³-hybridized carbons (Fsp3) is 0.526. The Morgan fingerprint density at radius 3 is 2.19 bits per heavy atom. The number of benzene rings is 1. The van der Waals surface area contributed by atoms with Crippen molar-refractivity contribution in [2.45, 2.75) is 39.7 Å². The fourth-order valence-electron chi connectivity index (χ4n) is 2.42. The van der Waals surface area contributed by atoms with Crippen molar-refractivity contribution < 1.29 is 51.3 Å². The van der Waals surface area contributed by atoms with Crippen LogP contribution in [0.5, 0.6) is 11.5 Å². The minimum absolute atomic E-state index is 0.0125. The summed E-state index contributed by atoms with van der Waals surface area (Å²) >= 11 is 0. The van der Waals surface area contributed by atoms with Crippen molar-refractivity contribution in [3.63, 3.8) is 0 Å². The summed E-state index contributed by atoms with van der Waals surface area (Å²) in [5, 5.41) is 19.4. The Morgan fingerprint density at radius 1 is 1.03 bits per heavy atom. The number of phenols is 2. The Bertz CT molecular complexity index is 871. The van der Waals surface area contributed by atoms with E-state index in [2.05, 4.69) is 4.52 Å².